The number of rotatable bonds is 8. The quantitative estimate of drug-likeness (QED) is 0.540. The van der Waals surface area contributed by atoms with Crippen LogP contribution in [0.1, 0.15) is 31.1 Å². The van der Waals surface area contributed by atoms with Gasteiger partial charge in [-0.3, -0.25) is 4.79 Å². The Morgan fingerprint density at radius 3 is 2.50 bits per heavy atom. The molecule has 0 bridgehead atoms. The van der Waals surface area contributed by atoms with Crippen LogP contribution < -0.4 is 9.64 Å². The average molecular weight is 279 g/mol. The summed E-state index contributed by atoms with van der Waals surface area (Å²) >= 11 is 0. The molecule has 0 aliphatic rings. The van der Waals surface area contributed by atoms with Crippen LogP contribution in [0.5, 0.6) is 5.75 Å². The summed E-state index contributed by atoms with van der Waals surface area (Å²) in [5, 5.41) is 0. The number of hydrogen-bond donors (Lipinski definition) is 0. The molecule has 1 rings (SSSR count). The maximum atomic E-state index is 11.3. The lowest BCUT2D eigenvalue weighted by Gasteiger charge is -2.22. The van der Waals surface area contributed by atoms with E-state index < -0.39 is 5.97 Å². The lowest BCUT2D eigenvalue weighted by molar-refractivity contribution is -0.145. The van der Waals surface area contributed by atoms with Crippen LogP contribution in [0.4, 0.5) is 5.69 Å². The van der Waals surface area contributed by atoms with Gasteiger partial charge in [0.05, 0.1) is 12.2 Å². The first-order chi connectivity index (χ1) is 9.65. The molecule has 0 aromatic heterocycles. The molecule has 0 aliphatic heterocycles. The Bertz CT molecular complexity index is 455. The molecule has 0 saturated heterocycles. The van der Waals surface area contributed by atoms with Crippen LogP contribution in [0, 0.1) is 0 Å². The molecule has 0 radical (unpaired) electrons. The molecule has 20 heavy (non-hydrogen) atoms. The first-order valence-electron chi connectivity index (χ1n) is 6.78. The Hall–Kier alpha value is -2.04. The molecule has 0 aliphatic carbocycles. The molecule has 1 aromatic carbocycles. The molecule has 110 valence electrons. The van der Waals surface area contributed by atoms with Gasteiger partial charge in [0, 0.05) is 24.8 Å². The fraction of sp³-hybridized carbons (Fsp3) is 0.467. The summed E-state index contributed by atoms with van der Waals surface area (Å²) in [5.41, 5.74) is 1.38. The summed E-state index contributed by atoms with van der Waals surface area (Å²) in [7, 11) is 0. The molecule has 0 amide bonds. The standard InChI is InChI=1S/C15H21NO4/c1-4-16(5-2)13-8-7-12(10-17)14(9-13)20-11-15(18)19-6-3/h7-10H,4-6,11H2,1-3H3. The fourth-order valence-electron chi connectivity index (χ4n) is 1.87. The minimum Gasteiger partial charge on any atom is -0.481 e. The van der Waals surface area contributed by atoms with Gasteiger partial charge in [-0.1, -0.05) is 0 Å². The molecule has 0 heterocycles. The maximum absolute atomic E-state index is 11.3. The molecule has 0 fully saturated rings. The third-order valence-electron chi connectivity index (χ3n) is 2.90. The second-order valence-corrected chi connectivity index (χ2v) is 4.11. The smallest absolute Gasteiger partial charge is 0.344 e. The van der Waals surface area contributed by atoms with Crippen LogP contribution in [0.2, 0.25) is 0 Å². The monoisotopic (exact) mass is 279 g/mol. The van der Waals surface area contributed by atoms with Crippen molar-refractivity contribution in [1.82, 2.24) is 0 Å². The van der Waals surface area contributed by atoms with Crippen molar-refractivity contribution in [2.24, 2.45) is 0 Å². The first-order valence-corrected chi connectivity index (χ1v) is 6.78. The van der Waals surface area contributed by atoms with Gasteiger partial charge in [-0.05, 0) is 32.9 Å². The van der Waals surface area contributed by atoms with E-state index in [2.05, 4.69) is 18.7 Å². The molecule has 0 saturated carbocycles. The van der Waals surface area contributed by atoms with Crippen LogP contribution >= 0.6 is 0 Å². The third kappa shape index (κ3) is 4.26. The average Bonchev–Trinajstić information content (AvgIpc) is 2.47. The van der Waals surface area contributed by atoms with Crippen molar-refractivity contribution in [3.05, 3.63) is 23.8 Å². The van der Waals surface area contributed by atoms with Crippen LogP contribution in [0.25, 0.3) is 0 Å². The Morgan fingerprint density at radius 1 is 1.25 bits per heavy atom. The lowest BCUT2D eigenvalue weighted by Crippen LogP contribution is -2.22. The summed E-state index contributed by atoms with van der Waals surface area (Å²) in [4.78, 5) is 24.4. The number of nitrogens with zero attached hydrogens (tertiary/aromatic N) is 1. The zero-order valence-corrected chi connectivity index (χ0v) is 12.2. The molecule has 0 atom stereocenters. The number of ether oxygens (including phenoxy) is 2. The number of hydrogen-bond acceptors (Lipinski definition) is 5. The highest BCUT2D eigenvalue weighted by Crippen LogP contribution is 2.25. The molecule has 0 N–H and O–H groups in total. The van der Waals surface area contributed by atoms with Crippen molar-refractivity contribution in [2.75, 3.05) is 31.2 Å². The first kappa shape index (κ1) is 16.0. The minimum absolute atomic E-state index is 0.198. The van der Waals surface area contributed by atoms with E-state index in [1.807, 2.05) is 6.07 Å². The van der Waals surface area contributed by atoms with Gasteiger partial charge < -0.3 is 14.4 Å². The van der Waals surface area contributed by atoms with Crippen molar-refractivity contribution in [1.29, 1.82) is 0 Å². The van der Waals surface area contributed by atoms with Gasteiger partial charge >= 0.3 is 5.97 Å². The summed E-state index contributed by atoms with van der Waals surface area (Å²) in [5.74, 6) is -0.0463. The SMILES string of the molecule is CCOC(=O)COc1cc(N(CC)CC)ccc1C=O. The summed E-state index contributed by atoms with van der Waals surface area (Å²) in [6.07, 6.45) is 0.715. The number of benzene rings is 1. The van der Waals surface area contributed by atoms with Crippen molar-refractivity contribution in [3.63, 3.8) is 0 Å². The van der Waals surface area contributed by atoms with Gasteiger partial charge in [0.15, 0.2) is 12.9 Å². The van der Waals surface area contributed by atoms with Gasteiger partial charge in [-0.15, -0.1) is 0 Å². The molecule has 1 aromatic rings. The molecule has 0 spiro atoms. The Morgan fingerprint density at radius 2 is 1.95 bits per heavy atom. The number of aldehydes is 1. The largest absolute Gasteiger partial charge is 0.481 e. The number of carbonyl (C=O) groups is 2. The van der Waals surface area contributed by atoms with E-state index in [4.69, 9.17) is 9.47 Å². The van der Waals surface area contributed by atoms with Gasteiger partial charge in [-0.2, -0.15) is 0 Å². The van der Waals surface area contributed by atoms with Gasteiger partial charge in [0.2, 0.25) is 0 Å². The Labute approximate surface area is 119 Å². The van der Waals surface area contributed by atoms with E-state index in [1.54, 1.807) is 19.1 Å². The third-order valence-corrected chi connectivity index (χ3v) is 2.90. The second kappa shape index (κ2) is 8.19. The van der Waals surface area contributed by atoms with E-state index in [-0.39, 0.29) is 6.61 Å². The zero-order valence-electron chi connectivity index (χ0n) is 12.2. The number of anilines is 1. The van der Waals surface area contributed by atoms with E-state index in [0.29, 0.717) is 24.2 Å². The van der Waals surface area contributed by atoms with Crippen LogP contribution in [0.3, 0.4) is 0 Å². The summed E-state index contributed by atoms with van der Waals surface area (Å²) in [6, 6.07) is 5.34. The predicted octanol–water partition coefficient (Wildman–Crippen LogP) is 2.29. The Balaban J connectivity index is 2.88. The topological polar surface area (TPSA) is 55.8 Å². The van der Waals surface area contributed by atoms with Gasteiger partial charge in [0.25, 0.3) is 0 Å². The van der Waals surface area contributed by atoms with E-state index in [1.165, 1.54) is 0 Å². The van der Waals surface area contributed by atoms with Crippen molar-refractivity contribution in [3.8, 4) is 5.75 Å². The minimum atomic E-state index is -0.447. The Kier molecular flexibility index (Phi) is 6.56. The van der Waals surface area contributed by atoms with Crippen molar-refractivity contribution >= 4 is 17.9 Å². The van der Waals surface area contributed by atoms with Crippen LogP contribution in [0.15, 0.2) is 18.2 Å². The number of carbonyl (C=O) groups excluding carboxylic acids is 2. The molecule has 5 nitrogen and oxygen atoms in total. The normalized spacial score (nSPS) is 9.95. The summed E-state index contributed by atoms with van der Waals surface area (Å²) < 4.78 is 10.2. The molecule has 5 heteroatoms. The van der Waals surface area contributed by atoms with Crippen molar-refractivity contribution in [2.45, 2.75) is 20.8 Å². The zero-order chi connectivity index (χ0) is 15.0. The van der Waals surface area contributed by atoms with E-state index in [9.17, 15) is 9.59 Å². The molecular formula is C15H21NO4. The molecular weight excluding hydrogens is 258 g/mol. The van der Waals surface area contributed by atoms with Crippen LogP contribution in [-0.2, 0) is 9.53 Å². The van der Waals surface area contributed by atoms with Gasteiger partial charge in [0.1, 0.15) is 5.75 Å². The lowest BCUT2D eigenvalue weighted by atomic mass is 10.2. The number of esters is 1. The fourth-order valence-corrected chi connectivity index (χ4v) is 1.87. The molecule has 0 unspecified atom stereocenters. The van der Waals surface area contributed by atoms with Crippen LogP contribution in [-0.4, -0.2) is 38.6 Å². The highest BCUT2D eigenvalue weighted by Gasteiger charge is 2.10. The predicted molar refractivity (Wildman–Crippen MR) is 77.5 cm³/mol. The second-order valence-electron chi connectivity index (χ2n) is 4.11. The highest BCUT2D eigenvalue weighted by molar-refractivity contribution is 5.81. The maximum Gasteiger partial charge on any atom is 0.344 e. The van der Waals surface area contributed by atoms with E-state index >= 15 is 0 Å². The van der Waals surface area contributed by atoms with E-state index in [0.717, 1.165) is 18.8 Å². The summed E-state index contributed by atoms with van der Waals surface area (Å²) in [6.45, 7) is 7.66. The highest BCUT2D eigenvalue weighted by atomic mass is 16.6. The van der Waals surface area contributed by atoms with Gasteiger partial charge in [-0.25, -0.2) is 4.79 Å². The van der Waals surface area contributed by atoms with Crippen molar-refractivity contribution < 1.29 is 19.1 Å².